The third-order valence-electron chi connectivity index (χ3n) is 2.72. The fourth-order valence-electron chi connectivity index (χ4n) is 1.85. The molecule has 3 aromatic rings. The van der Waals surface area contributed by atoms with Gasteiger partial charge in [-0.1, -0.05) is 18.2 Å². The number of nitrogens with zero attached hydrogens (tertiary/aromatic N) is 3. The number of para-hydroxylation sites is 1. The molecule has 0 aliphatic heterocycles. The molecule has 17 heavy (non-hydrogen) atoms. The van der Waals surface area contributed by atoms with Gasteiger partial charge in [0, 0.05) is 5.39 Å². The summed E-state index contributed by atoms with van der Waals surface area (Å²) in [5.41, 5.74) is 2.69. The van der Waals surface area contributed by atoms with Crippen molar-refractivity contribution in [2.24, 2.45) is 0 Å². The van der Waals surface area contributed by atoms with E-state index in [-0.39, 0.29) is 0 Å². The molecule has 0 aliphatic carbocycles. The van der Waals surface area contributed by atoms with E-state index in [0.29, 0.717) is 5.56 Å². The van der Waals surface area contributed by atoms with Crippen LogP contribution in [0.1, 0.15) is 5.56 Å². The second-order valence-electron chi connectivity index (χ2n) is 3.77. The third kappa shape index (κ3) is 1.56. The Labute approximate surface area is 98.5 Å². The predicted octanol–water partition coefficient (Wildman–Crippen LogP) is 2.90. The lowest BCUT2D eigenvalue weighted by Crippen LogP contribution is -1.95. The molecule has 0 atom stereocenters. The van der Waals surface area contributed by atoms with Gasteiger partial charge in [-0.3, -0.25) is 0 Å². The Balaban J connectivity index is 2.17. The van der Waals surface area contributed by atoms with Gasteiger partial charge in [0.05, 0.1) is 29.0 Å². The van der Waals surface area contributed by atoms with Crippen LogP contribution in [-0.4, -0.2) is 9.78 Å². The summed E-state index contributed by atoms with van der Waals surface area (Å²) in [6.07, 6.45) is 1.84. The summed E-state index contributed by atoms with van der Waals surface area (Å²) in [6, 6.07) is 17.5. The summed E-state index contributed by atoms with van der Waals surface area (Å²) >= 11 is 0. The van der Waals surface area contributed by atoms with Crippen LogP contribution in [0, 0.1) is 11.3 Å². The van der Waals surface area contributed by atoms with Crippen molar-refractivity contribution >= 4 is 10.9 Å². The molecule has 1 heterocycles. The van der Waals surface area contributed by atoms with E-state index in [0.717, 1.165) is 16.6 Å². The van der Waals surface area contributed by atoms with Crippen molar-refractivity contribution in [1.82, 2.24) is 9.78 Å². The van der Waals surface area contributed by atoms with E-state index in [9.17, 15) is 0 Å². The molecular weight excluding hydrogens is 210 g/mol. The molecule has 0 spiro atoms. The Morgan fingerprint density at radius 1 is 1.00 bits per heavy atom. The van der Waals surface area contributed by atoms with Gasteiger partial charge in [0.15, 0.2) is 0 Å². The molecule has 0 saturated heterocycles. The molecule has 0 saturated carbocycles. The first-order valence-corrected chi connectivity index (χ1v) is 5.32. The number of aromatic nitrogens is 2. The van der Waals surface area contributed by atoms with Crippen LogP contribution in [0.25, 0.3) is 16.6 Å². The van der Waals surface area contributed by atoms with Crippen molar-refractivity contribution in [3.63, 3.8) is 0 Å². The molecule has 3 rings (SSSR count). The first-order chi connectivity index (χ1) is 8.38. The number of hydrogen-bond acceptors (Lipinski definition) is 2. The Hall–Kier alpha value is -2.60. The number of rotatable bonds is 1. The minimum atomic E-state index is 0.658. The second kappa shape index (κ2) is 3.76. The maximum absolute atomic E-state index is 8.76. The fourth-order valence-corrected chi connectivity index (χ4v) is 1.85. The van der Waals surface area contributed by atoms with Crippen molar-refractivity contribution in [3.8, 4) is 11.8 Å². The van der Waals surface area contributed by atoms with Crippen molar-refractivity contribution in [3.05, 3.63) is 60.3 Å². The molecule has 0 unspecified atom stereocenters. The van der Waals surface area contributed by atoms with Gasteiger partial charge >= 0.3 is 0 Å². The van der Waals surface area contributed by atoms with E-state index < -0.39 is 0 Å². The van der Waals surface area contributed by atoms with Gasteiger partial charge in [-0.2, -0.15) is 10.4 Å². The summed E-state index contributed by atoms with van der Waals surface area (Å²) in [5, 5.41) is 14.2. The average molecular weight is 219 g/mol. The molecule has 0 N–H and O–H groups in total. The lowest BCUT2D eigenvalue weighted by atomic mass is 10.2. The topological polar surface area (TPSA) is 41.6 Å². The summed E-state index contributed by atoms with van der Waals surface area (Å²) in [4.78, 5) is 0. The second-order valence-corrected chi connectivity index (χ2v) is 3.77. The molecule has 0 aliphatic rings. The smallest absolute Gasteiger partial charge is 0.0991 e. The lowest BCUT2D eigenvalue weighted by molar-refractivity contribution is 0.910. The Morgan fingerprint density at radius 3 is 2.53 bits per heavy atom. The van der Waals surface area contributed by atoms with Crippen molar-refractivity contribution in [1.29, 1.82) is 5.26 Å². The average Bonchev–Trinajstić information content (AvgIpc) is 2.83. The molecule has 0 fully saturated rings. The van der Waals surface area contributed by atoms with Gasteiger partial charge < -0.3 is 0 Å². The molecule has 3 nitrogen and oxygen atoms in total. The molecule has 0 amide bonds. The minimum Gasteiger partial charge on any atom is -0.233 e. The highest BCUT2D eigenvalue weighted by Gasteiger charge is 2.03. The molecule has 3 heteroatoms. The van der Waals surface area contributed by atoms with Crippen LogP contribution in [0.5, 0.6) is 0 Å². The van der Waals surface area contributed by atoms with E-state index >= 15 is 0 Å². The highest BCUT2D eigenvalue weighted by molar-refractivity contribution is 5.80. The van der Waals surface area contributed by atoms with Crippen LogP contribution in [0.2, 0.25) is 0 Å². The predicted molar refractivity (Wildman–Crippen MR) is 65.8 cm³/mol. The maximum atomic E-state index is 8.76. The number of fused-ring (bicyclic) bond motifs is 1. The molecule has 80 valence electrons. The SMILES string of the molecule is N#Cc1ccc(-n2ncc3ccccc32)cc1. The van der Waals surface area contributed by atoms with Crippen molar-refractivity contribution in [2.45, 2.75) is 0 Å². The van der Waals surface area contributed by atoms with Crippen LogP contribution in [0.4, 0.5) is 0 Å². The van der Waals surface area contributed by atoms with E-state index in [1.54, 1.807) is 12.1 Å². The van der Waals surface area contributed by atoms with Crippen LogP contribution in [0.15, 0.2) is 54.7 Å². The molecule has 0 bridgehead atoms. The van der Waals surface area contributed by atoms with Crippen LogP contribution in [0.3, 0.4) is 0 Å². The largest absolute Gasteiger partial charge is 0.233 e. The first kappa shape index (κ1) is 9.61. The van der Waals surface area contributed by atoms with Crippen LogP contribution < -0.4 is 0 Å². The molecule has 1 aromatic heterocycles. The third-order valence-corrected chi connectivity index (χ3v) is 2.72. The zero-order chi connectivity index (χ0) is 11.7. The quantitative estimate of drug-likeness (QED) is 0.631. The van der Waals surface area contributed by atoms with E-state index in [2.05, 4.69) is 11.2 Å². The number of nitriles is 1. The van der Waals surface area contributed by atoms with Crippen molar-refractivity contribution < 1.29 is 0 Å². The van der Waals surface area contributed by atoms with Gasteiger partial charge in [-0.25, -0.2) is 4.68 Å². The van der Waals surface area contributed by atoms with Crippen LogP contribution in [-0.2, 0) is 0 Å². The summed E-state index contributed by atoms with van der Waals surface area (Å²) in [5.74, 6) is 0. The molecule has 0 radical (unpaired) electrons. The lowest BCUT2D eigenvalue weighted by Gasteiger charge is -2.02. The first-order valence-electron chi connectivity index (χ1n) is 5.32. The van der Waals surface area contributed by atoms with Gasteiger partial charge in [-0.05, 0) is 30.3 Å². The molecule has 2 aromatic carbocycles. The van der Waals surface area contributed by atoms with Gasteiger partial charge in [0.25, 0.3) is 0 Å². The zero-order valence-electron chi connectivity index (χ0n) is 9.04. The Bertz CT molecular complexity index is 702. The summed E-state index contributed by atoms with van der Waals surface area (Å²) < 4.78 is 1.87. The Kier molecular flexibility index (Phi) is 2.13. The highest BCUT2D eigenvalue weighted by Crippen LogP contribution is 2.17. The highest BCUT2D eigenvalue weighted by atomic mass is 15.3. The monoisotopic (exact) mass is 219 g/mol. The van der Waals surface area contributed by atoms with Gasteiger partial charge in [0.2, 0.25) is 0 Å². The minimum absolute atomic E-state index is 0.658. The number of hydrogen-bond donors (Lipinski definition) is 0. The van der Waals surface area contributed by atoms with Crippen LogP contribution >= 0.6 is 0 Å². The molecular formula is C14H9N3. The fraction of sp³-hybridized carbons (Fsp3) is 0. The summed E-state index contributed by atoms with van der Waals surface area (Å²) in [6.45, 7) is 0. The van der Waals surface area contributed by atoms with Gasteiger partial charge in [-0.15, -0.1) is 0 Å². The van der Waals surface area contributed by atoms with Crippen molar-refractivity contribution in [2.75, 3.05) is 0 Å². The zero-order valence-corrected chi connectivity index (χ0v) is 9.04. The maximum Gasteiger partial charge on any atom is 0.0991 e. The van der Waals surface area contributed by atoms with E-state index in [1.165, 1.54) is 0 Å². The summed E-state index contributed by atoms with van der Waals surface area (Å²) in [7, 11) is 0. The van der Waals surface area contributed by atoms with Gasteiger partial charge in [0.1, 0.15) is 0 Å². The standard InChI is InChI=1S/C14H9N3/c15-9-11-5-7-13(8-6-11)17-14-4-2-1-3-12(14)10-16-17/h1-8,10H. The Morgan fingerprint density at radius 2 is 1.76 bits per heavy atom. The normalized spacial score (nSPS) is 10.3. The van der Waals surface area contributed by atoms with E-state index in [1.807, 2.05) is 47.3 Å². The van der Waals surface area contributed by atoms with E-state index in [4.69, 9.17) is 5.26 Å². The number of benzene rings is 2.